The molecule has 27 heavy (non-hydrogen) atoms. The molecule has 0 unspecified atom stereocenters. The van der Waals surface area contributed by atoms with Crippen LogP contribution in [0.1, 0.15) is 22.8 Å². The molecule has 0 spiro atoms. The van der Waals surface area contributed by atoms with Gasteiger partial charge in [0.05, 0.1) is 16.1 Å². The second-order valence-corrected chi connectivity index (χ2v) is 7.60. The molecule has 0 aliphatic carbocycles. The van der Waals surface area contributed by atoms with Crippen LogP contribution in [0.15, 0.2) is 59.4 Å². The molecule has 4 rings (SSSR count). The number of cyclic esters (lactones) is 1. The van der Waals surface area contributed by atoms with E-state index in [0.717, 1.165) is 14.5 Å². The summed E-state index contributed by atoms with van der Waals surface area (Å²) >= 11 is 8.36. The summed E-state index contributed by atoms with van der Waals surface area (Å²) in [4.78, 5) is 28.5. The minimum Gasteiger partial charge on any atom is -0.402 e. The van der Waals surface area contributed by atoms with Crippen molar-refractivity contribution < 1.29 is 14.3 Å². The van der Waals surface area contributed by atoms with Gasteiger partial charge in [0.2, 0.25) is 11.8 Å². The predicted octanol–water partition coefficient (Wildman–Crippen LogP) is 4.90. The molecule has 1 aliphatic heterocycles. The summed E-state index contributed by atoms with van der Waals surface area (Å²) in [7, 11) is 0. The summed E-state index contributed by atoms with van der Waals surface area (Å²) in [6.07, 6.45) is 3.32. The average molecular weight is 491 g/mol. The molecular formula is C20H12ClIN2O3. The standard InChI is InChI=1S/C20H12ClIN2O3/c1-11(25)24-10-12(14-4-2-3-5-18(14)24)8-17-20(26)27-19(23-17)15-9-13(22)6-7-16(15)21/h2-10H,1H3/b17-8+. The number of rotatable bonds is 2. The average Bonchev–Trinajstić information content (AvgIpc) is 3.19. The maximum absolute atomic E-state index is 12.3. The molecule has 0 saturated heterocycles. The number of halogens is 2. The number of ether oxygens (including phenoxy) is 1. The largest absolute Gasteiger partial charge is 0.402 e. The van der Waals surface area contributed by atoms with Crippen LogP contribution in [0.25, 0.3) is 17.0 Å². The van der Waals surface area contributed by atoms with Crippen molar-refractivity contribution >= 4 is 68.9 Å². The van der Waals surface area contributed by atoms with Gasteiger partial charge in [0, 0.05) is 27.6 Å². The Bertz CT molecular complexity index is 1180. The van der Waals surface area contributed by atoms with Gasteiger partial charge >= 0.3 is 5.97 Å². The monoisotopic (exact) mass is 490 g/mol. The molecular weight excluding hydrogens is 479 g/mol. The number of fused-ring (bicyclic) bond motifs is 1. The number of para-hydroxylation sites is 1. The summed E-state index contributed by atoms with van der Waals surface area (Å²) in [5, 5.41) is 1.31. The summed E-state index contributed by atoms with van der Waals surface area (Å²) in [6.45, 7) is 1.49. The maximum Gasteiger partial charge on any atom is 0.363 e. The molecule has 0 amide bonds. The highest BCUT2D eigenvalue weighted by molar-refractivity contribution is 14.1. The van der Waals surface area contributed by atoms with Crippen LogP contribution < -0.4 is 0 Å². The highest BCUT2D eigenvalue weighted by Crippen LogP contribution is 2.28. The fourth-order valence-electron chi connectivity index (χ4n) is 2.91. The summed E-state index contributed by atoms with van der Waals surface area (Å²) in [5.41, 5.74) is 2.21. The first-order chi connectivity index (χ1) is 12.9. The smallest absolute Gasteiger partial charge is 0.363 e. The lowest BCUT2D eigenvalue weighted by molar-refractivity contribution is -0.129. The van der Waals surface area contributed by atoms with E-state index in [9.17, 15) is 9.59 Å². The molecule has 0 N–H and O–H groups in total. The Hall–Kier alpha value is -2.45. The molecule has 1 aliphatic rings. The SMILES string of the molecule is CC(=O)n1cc(/C=C2/N=C(c3cc(I)ccc3Cl)OC2=O)c2ccccc21. The number of carbonyl (C=O) groups excluding carboxylic acids is 2. The van der Waals surface area contributed by atoms with E-state index in [4.69, 9.17) is 16.3 Å². The third kappa shape index (κ3) is 3.30. The lowest BCUT2D eigenvalue weighted by Gasteiger charge is -2.02. The van der Waals surface area contributed by atoms with Gasteiger partial charge in [-0.25, -0.2) is 9.79 Å². The van der Waals surface area contributed by atoms with Crippen LogP contribution in [-0.4, -0.2) is 22.3 Å². The second kappa shape index (κ2) is 6.94. The van der Waals surface area contributed by atoms with Gasteiger partial charge in [-0.05, 0) is 52.9 Å². The Kier molecular flexibility index (Phi) is 4.61. The lowest BCUT2D eigenvalue weighted by Crippen LogP contribution is -2.06. The lowest BCUT2D eigenvalue weighted by atomic mass is 10.1. The third-order valence-corrected chi connectivity index (χ3v) is 5.15. The Balaban J connectivity index is 1.82. The van der Waals surface area contributed by atoms with E-state index in [-0.39, 0.29) is 17.5 Å². The number of esters is 1. The maximum atomic E-state index is 12.3. The number of carbonyl (C=O) groups is 2. The van der Waals surface area contributed by atoms with Crippen molar-refractivity contribution in [2.75, 3.05) is 0 Å². The molecule has 0 fully saturated rings. The summed E-state index contributed by atoms with van der Waals surface area (Å²) in [6, 6.07) is 12.9. The van der Waals surface area contributed by atoms with E-state index >= 15 is 0 Å². The first kappa shape index (κ1) is 17.9. The molecule has 2 aromatic carbocycles. The first-order valence-corrected chi connectivity index (χ1v) is 9.49. The number of hydrogen-bond donors (Lipinski definition) is 0. The van der Waals surface area contributed by atoms with E-state index in [0.29, 0.717) is 16.1 Å². The van der Waals surface area contributed by atoms with Gasteiger partial charge in [-0.3, -0.25) is 9.36 Å². The van der Waals surface area contributed by atoms with E-state index < -0.39 is 5.97 Å². The molecule has 2 heterocycles. The van der Waals surface area contributed by atoms with Crippen molar-refractivity contribution in [2.45, 2.75) is 6.92 Å². The number of benzene rings is 2. The van der Waals surface area contributed by atoms with Crippen LogP contribution in [0.2, 0.25) is 5.02 Å². The Morgan fingerprint density at radius 2 is 2.04 bits per heavy atom. The van der Waals surface area contributed by atoms with Crippen LogP contribution in [-0.2, 0) is 9.53 Å². The van der Waals surface area contributed by atoms with E-state index in [1.165, 1.54) is 6.92 Å². The molecule has 1 aromatic heterocycles. The van der Waals surface area contributed by atoms with Gasteiger partial charge < -0.3 is 4.74 Å². The van der Waals surface area contributed by atoms with E-state index in [1.807, 2.05) is 30.3 Å². The molecule has 134 valence electrons. The van der Waals surface area contributed by atoms with Crippen molar-refractivity contribution in [3.63, 3.8) is 0 Å². The number of hydrogen-bond acceptors (Lipinski definition) is 4. The van der Waals surface area contributed by atoms with Crippen LogP contribution >= 0.6 is 34.2 Å². The summed E-state index contributed by atoms with van der Waals surface area (Å²) in [5.74, 6) is -0.496. The van der Waals surface area contributed by atoms with Crippen LogP contribution in [0.3, 0.4) is 0 Å². The number of aromatic nitrogens is 1. The van der Waals surface area contributed by atoms with E-state index in [2.05, 4.69) is 27.6 Å². The van der Waals surface area contributed by atoms with Gasteiger partial charge in [0.25, 0.3) is 0 Å². The van der Waals surface area contributed by atoms with E-state index in [1.54, 1.807) is 29.0 Å². The number of aliphatic imine (C=N–C) groups is 1. The summed E-state index contributed by atoms with van der Waals surface area (Å²) < 4.78 is 7.81. The second-order valence-electron chi connectivity index (χ2n) is 5.95. The van der Waals surface area contributed by atoms with Crippen molar-refractivity contribution in [2.24, 2.45) is 4.99 Å². The molecule has 0 bridgehead atoms. The molecule has 7 heteroatoms. The Morgan fingerprint density at radius 1 is 1.26 bits per heavy atom. The van der Waals surface area contributed by atoms with Crippen LogP contribution in [0.4, 0.5) is 0 Å². The zero-order valence-corrected chi connectivity index (χ0v) is 17.0. The highest BCUT2D eigenvalue weighted by Gasteiger charge is 2.26. The topological polar surface area (TPSA) is 60.7 Å². The fraction of sp³-hybridized carbons (Fsp3) is 0.0500. The first-order valence-electron chi connectivity index (χ1n) is 8.03. The van der Waals surface area contributed by atoms with Gasteiger partial charge in [0.15, 0.2) is 5.70 Å². The van der Waals surface area contributed by atoms with Gasteiger partial charge in [-0.15, -0.1) is 0 Å². The van der Waals surface area contributed by atoms with Gasteiger partial charge in [-0.2, -0.15) is 0 Å². The van der Waals surface area contributed by atoms with Crippen molar-refractivity contribution in [3.05, 3.63) is 74.1 Å². The minimum atomic E-state index is -0.556. The molecule has 5 nitrogen and oxygen atoms in total. The number of nitrogens with zero attached hydrogens (tertiary/aromatic N) is 2. The molecule has 0 radical (unpaired) electrons. The quantitative estimate of drug-likeness (QED) is 0.292. The molecule has 3 aromatic rings. The van der Waals surface area contributed by atoms with Crippen LogP contribution in [0.5, 0.6) is 0 Å². The van der Waals surface area contributed by atoms with Gasteiger partial charge in [0.1, 0.15) is 0 Å². The Labute approximate surface area is 173 Å². The van der Waals surface area contributed by atoms with Crippen molar-refractivity contribution in [3.8, 4) is 0 Å². The minimum absolute atomic E-state index is 0.111. The van der Waals surface area contributed by atoms with Crippen LogP contribution in [0, 0.1) is 3.57 Å². The molecule has 0 saturated carbocycles. The Morgan fingerprint density at radius 3 is 2.81 bits per heavy atom. The fourth-order valence-corrected chi connectivity index (χ4v) is 3.60. The van der Waals surface area contributed by atoms with Crippen molar-refractivity contribution in [1.82, 2.24) is 4.57 Å². The zero-order valence-electron chi connectivity index (χ0n) is 14.1. The predicted molar refractivity (Wildman–Crippen MR) is 113 cm³/mol. The van der Waals surface area contributed by atoms with Crippen molar-refractivity contribution in [1.29, 1.82) is 0 Å². The normalized spacial score (nSPS) is 15.3. The highest BCUT2D eigenvalue weighted by atomic mass is 127. The molecule has 0 atom stereocenters. The van der Waals surface area contributed by atoms with Gasteiger partial charge in [-0.1, -0.05) is 29.8 Å². The zero-order chi connectivity index (χ0) is 19.1. The third-order valence-electron chi connectivity index (χ3n) is 4.15.